The van der Waals surface area contributed by atoms with Crippen molar-refractivity contribution in [1.82, 2.24) is 5.32 Å². The van der Waals surface area contributed by atoms with Crippen molar-refractivity contribution >= 4 is 46.6 Å². The highest BCUT2D eigenvalue weighted by atomic mass is 35.5. The van der Waals surface area contributed by atoms with Crippen LogP contribution < -0.4 is 5.32 Å². The van der Waals surface area contributed by atoms with Crippen molar-refractivity contribution in [2.45, 2.75) is 12.3 Å². The topological polar surface area (TPSA) is 12.0 Å². The van der Waals surface area contributed by atoms with Crippen molar-refractivity contribution in [3.05, 3.63) is 68.7 Å². The molecule has 0 amide bonds. The van der Waals surface area contributed by atoms with Crippen molar-refractivity contribution in [3.63, 3.8) is 0 Å². The predicted molar refractivity (Wildman–Crippen MR) is 95.8 cm³/mol. The Morgan fingerprint density at radius 3 is 2.38 bits per heavy atom. The maximum atomic E-state index is 6.12. The first kappa shape index (κ1) is 17.0. The van der Waals surface area contributed by atoms with Crippen LogP contribution in [-0.2, 0) is 12.3 Å². The van der Waals surface area contributed by atoms with E-state index in [0.29, 0.717) is 16.6 Å². The van der Waals surface area contributed by atoms with Gasteiger partial charge in [-0.2, -0.15) is 11.8 Å². The standard InChI is InChI=1S/C16H16Cl3NS/c17-13-4-1-3-12(9-13)11-21-8-7-20-10-14-15(18)5-2-6-16(14)19/h1-6,9,20H,7-8,10-11H2. The summed E-state index contributed by atoms with van der Waals surface area (Å²) < 4.78 is 0. The summed E-state index contributed by atoms with van der Waals surface area (Å²) in [6.07, 6.45) is 0. The van der Waals surface area contributed by atoms with Crippen LogP contribution in [0.15, 0.2) is 42.5 Å². The Hall–Kier alpha value is -0.380. The molecule has 0 aromatic heterocycles. The van der Waals surface area contributed by atoms with E-state index in [1.165, 1.54) is 5.56 Å². The maximum Gasteiger partial charge on any atom is 0.0465 e. The Morgan fingerprint density at radius 1 is 0.952 bits per heavy atom. The minimum atomic E-state index is 0.691. The van der Waals surface area contributed by atoms with E-state index in [1.54, 1.807) is 0 Å². The smallest absolute Gasteiger partial charge is 0.0465 e. The van der Waals surface area contributed by atoms with Gasteiger partial charge in [-0.05, 0) is 29.8 Å². The Balaban J connectivity index is 1.66. The first-order valence-electron chi connectivity index (χ1n) is 6.62. The van der Waals surface area contributed by atoms with E-state index in [-0.39, 0.29) is 0 Å². The molecule has 0 aliphatic rings. The second kappa shape index (κ2) is 8.92. The number of hydrogen-bond acceptors (Lipinski definition) is 2. The molecule has 0 spiro atoms. The molecule has 0 aliphatic heterocycles. The third-order valence-electron chi connectivity index (χ3n) is 2.94. The first-order valence-corrected chi connectivity index (χ1v) is 8.91. The van der Waals surface area contributed by atoms with Gasteiger partial charge in [-0.15, -0.1) is 0 Å². The Kier molecular flexibility index (Phi) is 7.21. The van der Waals surface area contributed by atoms with Crippen molar-refractivity contribution in [3.8, 4) is 0 Å². The molecule has 0 fully saturated rings. The highest BCUT2D eigenvalue weighted by Crippen LogP contribution is 2.23. The van der Waals surface area contributed by atoms with Gasteiger partial charge in [-0.1, -0.05) is 53.0 Å². The summed E-state index contributed by atoms with van der Waals surface area (Å²) in [5.74, 6) is 1.99. The lowest BCUT2D eigenvalue weighted by atomic mass is 10.2. The number of thioether (sulfide) groups is 1. The fourth-order valence-electron chi connectivity index (χ4n) is 1.88. The minimum Gasteiger partial charge on any atom is -0.312 e. The molecule has 21 heavy (non-hydrogen) atoms. The van der Waals surface area contributed by atoms with Crippen molar-refractivity contribution in [2.24, 2.45) is 0 Å². The minimum absolute atomic E-state index is 0.691. The van der Waals surface area contributed by atoms with Crippen molar-refractivity contribution < 1.29 is 0 Å². The zero-order valence-electron chi connectivity index (χ0n) is 11.4. The summed E-state index contributed by atoms with van der Waals surface area (Å²) in [5, 5.41) is 5.58. The zero-order chi connectivity index (χ0) is 15.1. The highest BCUT2D eigenvalue weighted by Gasteiger charge is 2.04. The molecule has 0 saturated carbocycles. The number of rotatable bonds is 7. The average Bonchev–Trinajstić information content (AvgIpc) is 2.45. The number of nitrogens with one attached hydrogen (secondary N) is 1. The molecule has 2 aromatic rings. The van der Waals surface area contributed by atoms with Gasteiger partial charge in [0.2, 0.25) is 0 Å². The van der Waals surface area contributed by atoms with Gasteiger partial charge < -0.3 is 5.32 Å². The van der Waals surface area contributed by atoms with E-state index in [9.17, 15) is 0 Å². The summed E-state index contributed by atoms with van der Waals surface area (Å²) in [5.41, 5.74) is 2.21. The lowest BCUT2D eigenvalue weighted by Crippen LogP contribution is -2.17. The lowest BCUT2D eigenvalue weighted by molar-refractivity contribution is 0.732. The fourth-order valence-corrected chi connectivity index (χ4v) is 3.47. The van der Waals surface area contributed by atoms with Gasteiger partial charge >= 0.3 is 0 Å². The van der Waals surface area contributed by atoms with Crippen LogP contribution in [0.3, 0.4) is 0 Å². The van der Waals surface area contributed by atoms with E-state index < -0.39 is 0 Å². The van der Waals surface area contributed by atoms with Crippen LogP contribution in [0.1, 0.15) is 11.1 Å². The SMILES string of the molecule is Clc1cccc(CSCCNCc2c(Cl)cccc2Cl)c1. The Labute approximate surface area is 145 Å². The summed E-state index contributed by atoms with van der Waals surface area (Å²) in [6.45, 7) is 1.60. The van der Waals surface area contributed by atoms with Crippen LogP contribution in [0.5, 0.6) is 0 Å². The molecule has 0 aliphatic carbocycles. The predicted octanol–water partition coefficient (Wildman–Crippen LogP) is 5.67. The number of benzene rings is 2. The summed E-state index contributed by atoms with van der Waals surface area (Å²) in [7, 11) is 0. The molecule has 5 heteroatoms. The third-order valence-corrected chi connectivity index (χ3v) is 4.92. The summed E-state index contributed by atoms with van der Waals surface area (Å²) in [4.78, 5) is 0. The molecule has 112 valence electrons. The van der Waals surface area contributed by atoms with E-state index >= 15 is 0 Å². The van der Waals surface area contributed by atoms with Gasteiger partial charge in [0.1, 0.15) is 0 Å². The Bertz CT molecular complexity index is 569. The average molecular weight is 361 g/mol. The molecule has 0 radical (unpaired) electrons. The van der Waals surface area contributed by atoms with Gasteiger partial charge in [0.15, 0.2) is 0 Å². The first-order chi connectivity index (χ1) is 10.2. The van der Waals surface area contributed by atoms with Crippen LogP contribution in [0.2, 0.25) is 15.1 Å². The largest absolute Gasteiger partial charge is 0.312 e. The fraction of sp³-hybridized carbons (Fsp3) is 0.250. The van der Waals surface area contributed by atoms with Crippen LogP contribution >= 0.6 is 46.6 Å². The lowest BCUT2D eigenvalue weighted by Gasteiger charge is -2.08. The maximum absolute atomic E-state index is 6.12. The summed E-state index contributed by atoms with van der Waals surface area (Å²) >= 11 is 20.1. The van der Waals surface area contributed by atoms with Crippen LogP contribution in [0.25, 0.3) is 0 Å². The molecular weight excluding hydrogens is 345 g/mol. The second-order valence-corrected chi connectivity index (χ2v) is 6.92. The van der Waals surface area contributed by atoms with Crippen LogP contribution in [0, 0.1) is 0 Å². The van der Waals surface area contributed by atoms with Gasteiger partial charge in [-0.3, -0.25) is 0 Å². The molecule has 1 nitrogen and oxygen atoms in total. The molecular formula is C16H16Cl3NS. The molecule has 2 rings (SSSR count). The van der Waals surface area contributed by atoms with Crippen molar-refractivity contribution in [1.29, 1.82) is 0 Å². The molecule has 0 unspecified atom stereocenters. The van der Waals surface area contributed by atoms with E-state index in [2.05, 4.69) is 11.4 Å². The number of halogens is 3. The monoisotopic (exact) mass is 359 g/mol. The van der Waals surface area contributed by atoms with Gasteiger partial charge in [0.25, 0.3) is 0 Å². The molecule has 0 bridgehead atoms. The zero-order valence-corrected chi connectivity index (χ0v) is 14.5. The third kappa shape index (κ3) is 5.72. The van der Waals surface area contributed by atoms with Crippen LogP contribution in [-0.4, -0.2) is 12.3 Å². The van der Waals surface area contributed by atoms with Crippen LogP contribution in [0.4, 0.5) is 0 Å². The summed E-state index contributed by atoms with van der Waals surface area (Å²) in [6, 6.07) is 13.5. The van der Waals surface area contributed by atoms with Gasteiger partial charge in [0, 0.05) is 45.2 Å². The molecule has 0 heterocycles. The van der Waals surface area contributed by atoms with Gasteiger partial charge in [-0.25, -0.2) is 0 Å². The van der Waals surface area contributed by atoms with Crippen molar-refractivity contribution in [2.75, 3.05) is 12.3 Å². The molecule has 1 N–H and O–H groups in total. The molecule has 0 atom stereocenters. The normalized spacial score (nSPS) is 10.8. The highest BCUT2D eigenvalue weighted by molar-refractivity contribution is 7.98. The van der Waals surface area contributed by atoms with E-state index in [1.807, 2.05) is 48.2 Å². The van der Waals surface area contributed by atoms with Gasteiger partial charge in [0.05, 0.1) is 0 Å². The number of hydrogen-bond donors (Lipinski definition) is 1. The quantitative estimate of drug-likeness (QED) is 0.638. The van der Waals surface area contributed by atoms with E-state index in [4.69, 9.17) is 34.8 Å². The Morgan fingerprint density at radius 2 is 1.67 bits per heavy atom. The molecule has 2 aromatic carbocycles. The second-order valence-electron chi connectivity index (χ2n) is 4.56. The molecule has 0 saturated heterocycles. The van der Waals surface area contributed by atoms with E-state index in [0.717, 1.165) is 28.6 Å².